The van der Waals surface area contributed by atoms with Crippen LogP contribution in [-0.2, 0) is 10.2 Å². The molecule has 0 aromatic heterocycles. The van der Waals surface area contributed by atoms with E-state index in [0.717, 1.165) is 22.3 Å². The van der Waals surface area contributed by atoms with E-state index in [1.54, 1.807) is 55.6 Å². The number of carbonyl (C=O) groups is 1. The molecule has 0 saturated heterocycles. The number of anilines is 1. The van der Waals surface area contributed by atoms with E-state index in [0.29, 0.717) is 11.4 Å². The first-order valence-corrected chi connectivity index (χ1v) is 8.56. The van der Waals surface area contributed by atoms with E-state index < -0.39 is 5.41 Å². The maximum Gasteiger partial charge on any atom is 0.244 e. The Kier molecular flexibility index (Phi) is 3.81. The topological polar surface area (TPSA) is 78.8 Å². The van der Waals surface area contributed by atoms with Gasteiger partial charge in [-0.3, -0.25) is 4.79 Å². The lowest BCUT2D eigenvalue weighted by Gasteiger charge is -2.29. The van der Waals surface area contributed by atoms with E-state index in [-0.39, 0.29) is 17.4 Å². The average Bonchev–Trinajstić information content (AvgIpc) is 2.95. The molecule has 1 aliphatic rings. The lowest BCUT2D eigenvalue weighted by molar-refractivity contribution is -0.118. The Morgan fingerprint density at radius 3 is 1.89 bits per heavy atom. The number of phenolic OH excluding ortho intramolecular Hbond substituents is 2. The molecule has 27 heavy (non-hydrogen) atoms. The van der Waals surface area contributed by atoms with Gasteiger partial charge in [0.05, 0.1) is 12.8 Å². The van der Waals surface area contributed by atoms with Gasteiger partial charge in [-0.25, -0.2) is 0 Å². The Morgan fingerprint density at radius 2 is 1.41 bits per heavy atom. The monoisotopic (exact) mass is 361 g/mol. The summed E-state index contributed by atoms with van der Waals surface area (Å²) < 4.78 is 5.49. The Bertz CT molecular complexity index is 978. The number of amides is 1. The molecular weight excluding hydrogens is 342 g/mol. The third-order valence-corrected chi connectivity index (χ3v) is 5.05. The Labute approximate surface area is 156 Å². The van der Waals surface area contributed by atoms with Crippen LogP contribution in [0.1, 0.15) is 22.3 Å². The Morgan fingerprint density at radius 1 is 0.889 bits per heavy atom. The summed E-state index contributed by atoms with van der Waals surface area (Å²) in [7, 11) is 1.57. The number of phenols is 2. The van der Waals surface area contributed by atoms with Crippen molar-refractivity contribution >= 4 is 11.6 Å². The van der Waals surface area contributed by atoms with Gasteiger partial charge in [0.25, 0.3) is 0 Å². The molecule has 0 saturated carbocycles. The van der Waals surface area contributed by atoms with Crippen LogP contribution in [0.2, 0.25) is 0 Å². The molecule has 0 spiro atoms. The summed E-state index contributed by atoms with van der Waals surface area (Å²) in [6, 6.07) is 17.1. The van der Waals surface area contributed by atoms with Gasteiger partial charge >= 0.3 is 0 Å². The van der Waals surface area contributed by atoms with Crippen molar-refractivity contribution in [1.82, 2.24) is 0 Å². The maximum absolute atomic E-state index is 13.4. The predicted molar refractivity (Wildman–Crippen MR) is 102 cm³/mol. The fourth-order valence-electron chi connectivity index (χ4n) is 3.83. The van der Waals surface area contributed by atoms with Gasteiger partial charge < -0.3 is 20.3 Å². The SMILES string of the molecule is COc1cc(C)cc2c1NC(=O)C2(c1ccc(O)cc1)c1ccc(O)cc1. The van der Waals surface area contributed by atoms with E-state index in [9.17, 15) is 15.0 Å². The summed E-state index contributed by atoms with van der Waals surface area (Å²) >= 11 is 0. The van der Waals surface area contributed by atoms with Gasteiger partial charge in [0.2, 0.25) is 5.91 Å². The molecule has 5 heteroatoms. The van der Waals surface area contributed by atoms with Crippen molar-refractivity contribution in [2.75, 3.05) is 12.4 Å². The number of ether oxygens (including phenoxy) is 1. The Balaban J connectivity index is 2.09. The lowest BCUT2D eigenvalue weighted by atomic mass is 9.70. The highest BCUT2D eigenvalue weighted by Crippen LogP contribution is 2.51. The summed E-state index contributed by atoms with van der Waals surface area (Å²) in [6.07, 6.45) is 0. The van der Waals surface area contributed by atoms with Crippen molar-refractivity contribution in [3.8, 4) is 17.2 Å². The number of hydrogen-bond acceptors (Lipinski definition) is 4. The molecule has 0 atom stereocenters. The maximum atomic E-state index is 13.4. The zero-order valence-corrected chi connectivity index (χ0v) is 15.0. The molecule has 136 valence electrons. The summed E-state index contributed by atoms with van der Waals surface area (Å²) in [5.41, 5.74) is 2.69. The third kappa shape index (κ3) is 2.43. The van der Waals surface area contributed by atoms with Crippen molar-refractivity contribution in [2.24, 2.45) is 0 Å². The fourth-order valence-corrected chi connectivity index (χ4v) is 3.83. The normalized spacial score (nSPS) is 14.5. The van der Waals surface area contributed by atoms with Crippen LogP contribution in [0.25, 0.3) is 0 Å². The van der Waals surface area contributed by atoms with Crippen LogP contribution >= 0.6 is 0 Å². The standard InChI is InChI=1S/C22H19NO4/c1-13-11-18-20(19(12-13)27-2)23-21(26)22(18,14-3-7-16(24)8-4-14)15-5-9-17(25)10-6-15/h3-12,24-25H,1-2H3,(H,23,26). The first-order chi connectivity index (χ1) is 13.0. The van der Waals surface area contributed by atoms with E-state index in [1.165, 1.54) is 0 Å². The molecule has 1 amide bonds. The lowest BCUT2D eigenvalue weighted by Crippen LogP contribution is -2.37. The van der Waals surface area contributed by atoms with E-state index >= 15 is 0 Å². The minimum absolute atomic E-state index is 0.125. The van der Waals surface area contributed by atoms with Gasteiger partial charge in [-0.15, -0.1) is 0 Å². The van der Waals surface area contributed by atoms with Crippen molar-refractivity contribution in [3.63, 3.8) is 0 Å². The molecule has 1 aliphatic heterocycles. The van der Waals surface area contributed by atoms with Crippen LogP contribution < -0.4 is 10.1 Å². The van der Waals surface area contributed by atoms with Crippen LogP contribution in [0, 0.1) is 6.92 Å². The zero-order valence-electron chi connectivity index (χ0n) is 15.0. The number of benzene rings is 3. The summed E-state index contributed by atoms with van der Waals surface area (Å²) in [5, 5.41) is 22.4. The average molecular weight is 361 g/mol. The molecular formula is C22H19NO4. The first kappa shape index (κ1) is 17.0. The molecule has 1 heterocycles. The number of carbonyl (C=O) groups excluding carboxylic acids is 1. The van der Waals surface area contributed by atoms with Crippen molar-refractivity contribution in [2.45, 2.75) is 12.3 Å². The molecule has 3 N–H and O–H groups in total. The number of hydrogen-bond donors (Lipinski definition) is 3. The molecule has 3 aromatic rings. The number of fused-ring (bicyclic) bond motifs is 1. The minimum atomic E-state index is -1.12. The summed E-state index contributed by atoms with van der Waals surface area (Å²) in [6.45, 7) is 1.95. The highest BCUT2D eigenvalue weighted by molar-refractivity contribution is 6.12. The molecule has 0 unspecified atom stereocenters. The number of rotatable bonds is 3. The second-order valence-electron chi connectivity index (χ2n) is 6.69. The van der Waals surface area contributed by atoms with Crippen LogP contribution in [-0.4, -0.2) is 23.2 Å². The number of aryl methyl sites for hydroxylation is 1. The van der Waals surface area contributed by atoms with Gasteiger partial charge in [0, 0.05) is 5.56 Å². The second kappa shape index (κ2) is 6.06. The zero-order chi connectivity index (χ0) is 19.2. The van der Waals surface area contributed by atoms with Gasteiger partial charge in [-0.2, -0.15) is 0 Å². The highest BCUT2D eigenvalue weighted by atomic mass is 16.5. The molecule has 0 radical (unpaired) electrons. The fraction of sp³-hybridized carbons (Fsp3) is 0.136. The second-order valence-corrected chi connectivity index (χ2v) is 6.69. The van der Waals surface area contributed by atoms with Crippen LogP contribution in [0.4, 0.5) is 5.69 Å². The summed E-state index contributed by atoms with van der Waals surface area (Å²) in [4.78, 5) is 13.4. The van der Waals surface area contributed by atoms with Gasteiger partial charge in [-0.1, -0.05) is 30.3 Å². The van der Waals surface area contributed by atoms with Crippen LogP contribution in [0.15, 0.2) is 60.7 Å². The quantitative estimate of drug-likeness (QED) is 0.665. The molecule has 0 aliphatic carbocycles. The molecule has 4 rings (SSSR count). The number of aromatic hydroxyl groups is 2. The van der Waals surface area contributed by atoms with Crippen molar-refractivity contribution < 1.29 is 19.7 Å². The number of nitrogens with one attached hydrogen (secondary N) is 1. The Hall–Kier alpha value is -3.47. The molecule has 0 bridgehead atoms. The largest absolute Gasteiger partial charge is 0.508 e. The predicted octanol–water partition coefficient (Wildman–Crippen LogP) is 3.70. The van der Waals surface area contributed by atoms with Gasteiger partial charge in [0.1, 0.15) is 22.7 Å². The smallest absolute Gasteiger partial charge is 0.244 e. The van der Waals surface area contributed by atoms with Crippen molar-refractivity contribution in [3.05, 3.63) is 82.9 Å². The van der Waals surface area contributed by atoms with E-state index in [1.807, 2.05) is 19.1 Å². The van der Waals surface area contributed by atoms with Gasteiger partial charge in [0.15, 0.2) is 0 Å². The van der Waals surface area contributed by atoms with Crippen LogP contribution in [0.3, 0.4) is 0 Å². The highest BCUT2D eigenvalue weighted by Gasteiger charge is 2.50. The van der Waals surface area contributed by atoms with E-state index in [2.05, 4.69) is 5.32 Å². The summed E-state index contributed by atoms with van der Waals surface area (Å²) in [5.74, 6) is 0.635. The van der Waals surface area contributed by atoms with Gasteiger partial charge in [-0.05, 0) is 53.9 Å². The molecule has 0 fully saturated rings. The minimum Gasteiger partial charge on any atom is -0.508 e. The molecule has 5 nitrogen and oxygen atoms in total. The van der Waals surface area contributed by atoms with Crippen LogP contribution in [0.5, 0.6) is 17.2 Å². The van der Waals surface area contributed by atoms with E-state index in [4.69, 9.17) is 4.74 Å². The van der Waals surface area contributed by atoms with Crippen molar-refractivity contribution in [1.29, 1.82) is 0 Å². The first-order valence-electron chi connectivity index (χ1n) is 8.56. The number of methoxy groups -OCH3 is 1. The molecule has 3 aromatic carbocycles. The third-order valence-electron chi connectivity index (χ3n) is 5.05.